The Morgan fingerprint density at radius 3 is 2.00 bits per heavy atom. The summed E-state index contributed by atoms with van der Waals surface area (Å²) in [5.74, 6) is -0.331. The van der Waals surface area contributed by atoms with E-state index in [1.807, 2.05) is 0 Å². The van der Waals surface area contributed by atoms with Crippen LogP contribution in [0.5, 0.6) is 0 Å². The third kappa shape index (κ3) is 2.45. The number of amides is 2. The lowest BCUT2D eigenvalue weighted by atomic mass is 10.2. The summed E-state index contributed by atoms with van der Waals surface area (Å²) in [4.78, 5) is 24.5. The quantitative estimate of drug-likeness (QED) is 0.542. The Hall–Kier alpha value is -1.16. The molecular weight excluding hydrogens is 194 g/mol. The van der Waals surface area contributed by atoms with Gasteiger partial charge in [0, 0.05) is 24.3 Å². The van der Waals surface area contributed by atoms with Gasteiger partial charge < -0.3 is 5.11 Å². The zero-order valence-corrected chi connectivity index (χ0v) is 9.25. The van der Waals surface area contributed by atoms with E-state index >= 15 is 0 Å². The van der Waals surface area contributed by atoms with Gasteiger partial charge in [-0.2, -0.15) is 0 Å². The van der Waals surface area contributed by atoms with Gasteiger partial charge in [-0.25, -0.2) is 0 Å². The van der Waals surface area contributed by atoms with Crippen molar-refractivity contribution in [3.63, 3.8) is 0 Å². The lowest BCUT2D eigenvalue weighted by Crippen LogP contribution is -2.32. The van der Waals surface area contributed by atoms with Crippen LogP contribution < -0.4 is 0 Å². The second-order valence-electron chi connectivity index (χ2n) is 3.80. The van der Waals surface area contributed by atoms with Crippen LogP contribution in [0.4, 0.5) is 0 Å². The Morgan fingerprint density at radius 1 is 1.00 bits per heavy atom. The molecule has 0 saturated carbocycles. The van der Waals surface area contributed by atoms with Crippen molar-refractivity contribution in [3.05, 3.63) is 11.1 Å². The maximum absolute atomic E-state index is 11.6. The first kappa shape index (κ1) is 11.9. The number of imide groups is 1. The van der Waals surface area contributed by atoms with Crippen LogP contribution >= 0.6 is 0 Å². The number of carbonyl (C=O) groups excluding carboxylic acids is 2. The third-order valence-corrected chi connectivity index (χ3v) is 2.73. The Bertz CT molecular complexity index is 283. The van der Waals surface area contributed by atoms with Crippen LogP contribution in [-0.2, 0) is 9.59 Å². The summed E-state index contributed by atoms with van der Waals surface area (Å²) in [5, 5.41) is 8.59. The van der Waals surface area contributed by atoms with E-state index < -0.39 is 0 Å². The molecule has 2 amide bonds. The van der Waals surface area contributed by atoms with Crippen molar-refractivity contribution in [2.45, 2.75) is 33.1 Å². The number of hydrogen-bond donors (Lipinski definition) is 1. The monoisotopic (exact) mass is 211 g/mol. The third-order valence-electron chi connectivity index (χ3n) is 2.73. The molecule has 0 saturated heterocycles. The highest BCUT2D eigenvalue weighted by molar-refractivity contribution is 6.18. The van der Waals surface area contributed by atoms with E-state index in [2.05, 4.69) is 0 Å². The van der Waals surface area contributed by atoms with Gasteiger partial charge in [-0.3, -0.25) is 14.5 Å². The van der Waals surface area contributed by atoms with Crippen LogP contribution in [0.2, 0.25) is 0 Å². The van der Waals surface area contributed by atoms with Crippen LogP contribution in [0.15, 0.2) is 11.1 Å². The zero-order chi connectivity index (χ0) is 11.4. The number of hydrogen-bond acceptors (Lipinski definition) is 3. The fourth-order valence-electron chi connectivity index (χ4n) is 1.58. The minimum absolute atomic E-state index is 0.165. The summed E-state index contributed by atoms with van der Waals surface area (Å²) >= 11 is 0. The average molecular weight is 211 g/mol. The number of unbranched alkanes of at least 4 members (excludes halogenated alkanes) is 2. The highest BCUT2D eigenvalue weighted by Gasteiger charge is 2.32. The lowest BCUT2D eigenvalue weighted by Gasteiger charge is -2.14. The molecule has 0 unspecified atom stereocenters. The van der Waals surface area contributed by atoms with E-state index in [1.165, 1.54) is 4.90 Å². The molecule has 4 nitrogen and oxygen atoms in total. The molecule has 4 heteroatoms. The van der Waals surface area contributed by atoms with Gasteiger partial charge in [0.05, 0.1) is 0 Å². The number of rotatable bonds is 5. The number of aliphatic hydroxyl groups excluding tert-OH is 1. The predicted octanol–water partition coefficient (Wildman–Crippen LogP) is 0.854. The second kappa shape index (κ2) is 5.07. The Balaban J connectivity index is 2.46. The topological polar surface area (TPSA) is 57.6 Å². The van der Waals surface area contributed by atoms with Crippen molar-refractivity contribution in [3.8, 4) is 0 Å². The molecule has 0 spiro atoms. The summed E-state index contributed by atoms with van der Waals surface area (Å²) in [6.45, 7) is 4.00. The summed E-state index contributed by atoms with van der Waals surface area (Å²) in [5.41, 5.74) is 1.12. The smallest absolute Gasteiger partial charge is 0.256 e. The van der Waals surface area contributed by atoms with Crippen LogP contribution in [0.1, 0.15) is 33.1 Å². The highest BCUT2D eigenvalue weighted by atomic mass is 16.3. The molecule has 0 aromatic rings. The highest BCUT2D eigenvalue weighted by Crippen LogP contribution is 2.19. The standard InChI is InChI=1S/C11H17NO3/c1-8-9(2)11(15)12(10(8)14)6-4-3-5-7-13/h13H,3-7H2,1-2H3. The van der Waals surface area contributed by atoms with Crippen LogP contribution in [0.25, 0.3) is 0 Å². The van der Waals surface area contributed by atoms with E-state index in [4.69, 9.17) is 5.11 Å². The molecule has 1 aliphatic rings. The number of carbonyl (C=O) groups is 2. The molecule has 15 heavy (non-hydrogen) atoms. The largest absolute Gasteiger partial charge is 0.396 e. The van der Waals surface area contributed by atoms with Crippen LogP contribution in [-0.4, -0.2) is 35.0 Å². The van der Waals surface area contributed by atoms with Crippen molar-refractivity contribution in [1.82, 2.24) is 4.90 Å². The van der Waals surface area contributed by atoms with Gasteiger partial charge in [0.25, 0.3) is 11.8 Å². The Labute approximate surface area is 89.6 Å². The van der Waals surface area contributed by atoms with Crippen molar-refractivity contribution < 1.29 is 14.7 Å². The normalized spacial score (nSPS) is 16.9. The summed E-state index contributed by atoms with van der Waals surface area (Å²) < 4.78 is 0. The number of nitrogens with zero attached hydrogens (tertiary/aromatic N) is 1. The van der Waals surface area contributed by atoms with Gasteiger partial charge in [-0.05, 0) is 33.1 Å². The van der Waals surface area contributed by atoms with Gasteiger partial charge in [0.1, 0.15) is 0 Å². The average Bonchev–Trinajstić information content (AvgIpc) is 2.41. The van der Waals surface area contributed by atoms with E-state index in [9.17, 15) is 9.59 Å². The molecule has 0 radical (unpaired) electrons. The van der Waals surface area contributed by atoms with Crippen molar-refractivity contribution >= 4 is 11.8 Å². The first-order chi connectivity index (χ1) is 7.09. The summed E-state index contributed by atoms with van der Waals surface area (Å²) in [7, 11) is 0. The van der Waals surface area contributed by atoms with Gasteiger partial charge in [0.15, 0.2) is 0 Å². The van der Waals surface area contributed by atoms with Crippen molar-refractivity contribution in [2.24, 2.45) is 0 Å². The molecule has 1 N–H and O–H groups in total. The fourth-order valence-corrected chi connectivity index (χ4v) is 1.58. The van der Waals surface area contributed by atoms with Gasteiger partial charge >= 0.3 is 0 Å². The van der Waals surface area contributed by atoms with E-state index in [0.717, 1.165) is 19.3 Å². The maximum Gasteiger partial charge on any atom is 0.256 e. The molecule has 0 aliphatic carbocycles. The van der Waals surface area contributed by atoms with Crippen LogP contribution in [0, 0.1) is 0 Å². The Morgan fingerprint density at radius 2 is 1.53 bits per heavy atom. The first-order valence-corrected chi connectivity index (χ1v) is 5.24. The fraction of sp³-hybridized carbons (Fsp3) is 0.636. The molecular formula is C11H17NO3. The minimum atomic E-state index is -0.165. The van der Waals surface area contributed by atoms with Gasteiger partial charge in [-0.15, -0.1) is 0 Å². The molecule has 0 fully saturated rings. The molecule has 1 aliphatic heterocycles. The zero-order valence-electron chi connectivity index (χ0n) is 9.25. The molecule has 84 valence electrons. The molecule has 1 rings (SSSR count). The molecule has 0 bridgehead atoms. The van der Waals surface area contributed by atoms with Crippen molar-refractivity contribution in [2.75, 3.05) is 13.2 Å². The number of aliphatic hydroxyl groups is 1. The van der Waals surface area contributed by atoms with Gasteiger partial charge in [0.2, 0.25) is 0 Å². The second-order valence-corrected chi connectivity index (χ2v) is 3.80. The molecule has 0 aromatic heterocycles. The minimum Gasteiger partial charge on any atom is -0.396 e. The van der Waals surface area contributed by atoms with Crippen molar-refractivity contribution in [1.29, 1.82) is 0 Å². The summed E-state index contributed by atoms with van der Waals surface area (Å²) in [6, 6.07) is 0. The van der Waals surface area contributed by atoms with E-state index in [-0.39, 0.29) is 18.4 Å². The maximum atomic E-state index is 11.6. The molecule has 0 aromatic carbocycles. The van der Waals surface area contributed by atoms with E-state index in [0.29, 0.717) is 17.7 Å². The first-order valence-electron chi connectivity index (χ1n) is 5.24. The van der Waals surface area contributed by atoms with Gasteiger partial charge in [-0.1, -0.05) is 0 Å². The lowest BCUT2D eigenvalue weighted by molar-refractivity contribution is -0.137. The van der Waals surface area contributed by atoms with Crippen LogP contribution in [0.3, 0.4) is 0 Å². The Kier molecular flexibility index (Phi) is 4.03. The predicted molar refractivity (Wildman–Crippen MR) is 56.0 cm³/mol. The molecule has 1 heterocycles. The SMILES string of the molecule is CC1=C(C)C(=O)N(CCCCCO)C1=O. The van der Waals surface area contributed by atoms with E-state index in [1.54, 1.807) is 13.8 Å². The summed E-state index contributed by atoms with van der Waals surface area (Å²) in [6.07, 6.45) is 2.33. The molecule has 0 atom stereocenters.